The number of hydrogen-bond donors (Lipinski definition) is 4. The molecule has 6 N–H and O–H groups in total. The summed E-state index contributed by atoms with van der Waals surface area (Å²) < 4.78 is 0. The average Bonchev–Trinajstić information content (AvgIpc) is 2.58. The van der Waals surface area contributed by atoms with Crippen molar-refractivity contribution in [3.63, 3.8) is 0 Å². The van der Waals surface area contributed by atoms with Gasteiger partial charge in [-0.15, -0.1) is 0 Å². The summed E-state index contributed by atoms with van der Waals surface area (Å²) in [6.45, 7) is 8.54. The Morgan fingerprint density at radius 1 is 1.21 bits per heavy atom. The van der Waals surface area contributed by atoms with E-state index in [1.807, 2.05) is 13.8 Å². The standard InChI is InChI=1S/C4H4N2O2.C3H7N3O2.C2H6.CH4/c1-2-5-3(7)4(8)6-2;1-2(3(4)5)6(7)8;1-2;/h1H2,(H,5,7)(H,6,8);4-5H2,1H3;1-2H3;1H4. The molecule has 1 rings (SSSR count). The molecular weight excluding hydrogens is 254 g/mol. The zero-order valence-corrected chi connectivity index (χ0v) is 10.4. The van der Waals surface area contributed by atoms with E-state index in [9.17, 15) is 19.7 Å². The molecule has 0 radical (unpaired) electrons. The molecule has 1 aliphatic rings. The number of nitro groups is 1. The van der Waals surface area contributed by atoms with Gasteiger partial charge in [0.2, 0.25) is 0 Å². The van der Waals surface area contributed by atoms with E-state index in [1.165, 1.54) is 6.92 Å². The van der Waals surface area contributed by atoms with E-state index in [-0.39, 0.29) is 24.8 Å². The first-order valence-electron chi connectivity index (χ1n) is 4.93. The molecule has 1 heterocycles. The normalized spacial score (nSPS) is 11.4. The quantitative estimate of drug-likeness (QED) is 0.293. The number of nitrogens with one attached hydrogen (secondary N) is 2. The number of nitrogens with two attached hydrogens (primary N) is 2. The Bertz CT molecular complexity index is 367. The van der Waals surface area contributed by atoms with Gasteiger partial charge < -0.3 is 22.1 Å². The van der Waals surface area contributed by atoms with Crippen LogP contribution in [0, 0.1) is 10.1 Å². The highest BCUT2D eigenvalue weighted by atomic mass is 16.6. The highest BCUT2D eigenvalue weighted by molar-refractivity contribution is 6.38. The van der Waals surface area contributed by atoms with Crippen molar-refractivity contribution in [3.8, 4) is 0 Å². The summed E-state index contributed by atoms with van der Waals surface area (Å²) in [5.41, 5.74) is 9.50. The Morgan fingerprint density at radius 3 is 1.58 bits per heavy atom. The summed E-state index contributed by atoms with van der Waals surface area (Å²) in [6.07, 6.45) is 0. The van der Waals surface area contributed by atoms with Crippen LogP contribution in [0.4, 0.5) is 0 Å². The lowest BCUT2D eigenvalue weighted by Gasteiger charge is -1.89. The third kappa shape index (κ3) is 9.15. The van der Waals surface area contributed by atoms with Crippen LogP contribution in [0.15, 0.2) is 23.9 Å². The van der Waals surface area contributed by atoms with Crippen LogP contribution in [0.1, 0.15) is 28.2 Å². The van der Waals surface area contributed by atoms with Gasteiger partial charge in [-0.1, -0.05) is 27.9 Å². The van der Waals surface area contributed by atoms with Gasteiger partial charge in [-0.2, -0.15) is 0 Å². The molecule has 1 fully saturated rings. The van der Waals surface area contributed by atoms with Crippen molar-refractivity contribution >= 4 is 11.8 Å². The molecule has 0 aromatic rings. The minimum Gasteiger partial charge on any atom is -0.380 e. The van der Waals surface area contributed by atoms with Gasteiger partial charge in [0.1, 0.15) is 5.82 Å². The van der Waals surface area contributed by atoms with Crippen molar-refractivity contribution in [2.75, 3.05) is 0 Å². The second-order valence-corrected chi connectivity index (χ2v) is 2.68. The first kappa shape index (κ1) is 21.7. The molecule has 0 aromatic carbocycles. The molecule has 110 valence electrons. The second-order valence-electron chi connectivity index (χ2n) is 2.68. The molecule has 9 heteroatoms. The lowest BCUT2D eigenvalue weighted by atomic mass is 10.5. The van der Waals surface area contributed by atoms with Gasteiger partial charge in [0, 0.05) is 6.92 Å². The van der Waals surface area contributed by atoms with Crippen LogP contribution < -0.4 is 22.1 Å². The SMILES string of the molecule is C.C=C1NC(=O)C(=O)N1.CC.CC(=C(N)N)[N+](=O)[O-]. The fourth-order valence-corrected chi connectivity index (χ4v) is 0.524. The zero-order valence-electron chi connectivity index (χ0n) is 10.4. The van der Waals surface area contributed by atoms with Crippen molar-refractivity contribution in [2.24, 2.45) is 11.5 Å². The van der Waals surface area contributed by atoms with Crippen LogP contribution in [0.2, 0.25) is 0 Å². The molecular formula is C10H21N5O4. The lowest BCUT2D eigenvalue weighted by molar-refractivity contribution is -0.425. The molecule has 0 saturated carbocycles. The highest BCUT2D eigenvalue weighted by Gasteiger charge is 2.21. The molecule has 9 nitrogen and oxygen atoms in total. The summed E-state index contributed by atoms with van der Waals surface area (Å²) >= 11 is 0. The fourth-order valence-electron chi connectivity index (χ4n) is 0.524. The smallest absolute Gasteiger partial charge is 0.315 e. The van der Waals surface area contributed by atoms with Crippen molar-refractivity contribution in [1.82, 2.24) is 10.6 Å². The van der Waals surface area contributed by atoms with E-state index < -0.39 is 16.7 Å². The van der Waals surface area contributed by atoms with Gasteiger partial charge in [-0.05, 0) is 0 Å². The van der Waals surface area contributed by atoms with Crippen LogP contribution in [0.25, 0.3) is 0 Å². The molecule has 0 bridgehead atoms. The van der Waals surface area contributed by atoms with Gasteiger partial charge in [0.05, 0.1) is 4.92 Å². The van der Waals surface area contributed by atoms with E-state index >= 15 is 0 Å². The maximum atomic E-state index is 10.2. The van der Waals surface area contributed by atoms with E-state index in [0.717, 1.165) is 0 Å². The van der Waals surface area contributed by atoms with E-state index in [4.69, 9.17) is 11.5 Å². The molecule has 1 aliphatic heterocycles. The minimum atomic E-state index is -0.644. The number of hydrogen-bond acceptors (Lipinski definition) is 6. The van der Waals surface area contributed by atoms with Gasteiger partial charge in [0.15, 0.2) is 5.82 Å². The summed E-state index contributed by atoms with van der Waals surface area (Å²) in [5.74, 6) is -1.28. The van der Waals surface area contributed by atoms with Gasteiger partial charge in [0.25, 0.3) is 5.70 Å². The van der Waals surface area contributed by atoms with Crippen LogP contribution in [0.3, 0.4) is 0 Å². The molecule has 1 saturated heterocycles. The van der Waals surface area contributed by atoms with Gasteiger partial charge in [-0.3, -0.25) is 19.7 Å². The first-order valence-corrected chi connectivity index (χ1v) is 4.93. The first-order chi connectivity index (χ1) is 8.25. The summed E-state index contributed by atoms with van der Waals surface area (Å²) in [5, 5.41) is 14.1. The molecule has 2 amide bonds. The van der Waals surface area contributed by atoms with Crippen LogP contribution in [-0.2, 0) is 9.59 Å². The van der Waals surface area contributed by atoms with Crippen molar-refractivity contribution in [2.45, 2.75) is 28.2 Å². The number of rotatable bonds is 1. The van der Waals surface area contributed by atoms with Crippen molar-refractivity contribution in [1.29, 1.82) is 0 Å². The van der Waals surface area contributed by atoms with Crippen molar-refractivity contribution in [3.05, 3.63) is 34.0 Å². The van der Waals surface area contributed by atoms with Gasteiger partial charge in [-0.25, -0.2) is 0 Å². The second kappa shape index (κ2) is 10.6. The highest BCUT2D eigenvalue weighted by Crippen LogP contribution is 1.90. The summed E-state index contributed by atoms with van der Waals surface area (Å²) in [4.78, 5) is 29.5. The molecule has 0 spiro atoms. The molecule has 0 atom stereocenters. The summed E-state index contributed by atoms with van der Waals surface area (Å²) in [7, 11) is 0. The topological polar surface area (TPSA) is 153 Å². The van der Waals surface area contributed by atoms with Crippen LogP contribution in [-0.4, -0.2) is 16.7 Å². The van der Waals surface area contributed by atoms with E-state index in [0.29, 0.717) is 0 Å². The zero-order chi connectivity index (χ0) is 14.9. The molecule has 0 unspecified atom stereocenters. The maximum Gasteiger partial charge on any atom is 0.315 e. The Labute approximate surface area is 111 Å². The lowest BCUT2D eigenvalue weighted by Crippen LogP contribution is -2.19. The number of amides is 2. The van der Waals surface area contributed by atoms with Crippen molar-refractivity contribution < 1.29 is 14.5 Å². The largest absolute Gasteiger partial charge is 0.380 e. The molecule has 19 heavy (non-hydrogen) atoms. The van der Waals surface area contributed by atoms with Crippen LogP contribution in [0.5, 0.6) is 0 Å². The number of carbonyl (C=O) groups is 2. The third-order valence-corrected chi connectivity index (χ3v) is 1.43. The van der Waals surface area contributed by atoms with Crippen LogP contribution >= 0.6 is 0 Å². The number of allylic oxidation sites excluding steroid dienone is 1. The predicted octanol–water partition coefficient (Wildman–Crippen LogP) is -0.265. The average molecular weight is 275 g/mol. The number of carbonyl (C=O) groups excluding carboxylic acids is 2. The Morgan fingerprint density at radius 2 is 1.53 bits per heavy atom. The Hall–Kier alpha value is -2.58. The predicted molar refractivity (Wildman–Crippen MR) is 71.6 cm³/mol. The minimum absolute atomic E-state index is 0. The summed E-state index contributed by atoms with van der Waals surface area (Å²) in [6, 6.07) is 0. The van der Waals surface area contributed by atoms with Gasteiger partial charge >= 0.3 is 11.8 Å². The molecule has 0 aliphatic carbocycles. The third-order valence-electron chi connectivity index (χ3n) is 1.43. The maximum absolute atomic E-state index is 10.2. The molecule has 0 aromatic heterocycles. The number of nitrogens with zero attached hydrogens (tertiary/aromatic N) is 1. The van der Waals surface area contributed by atoms with E-state index in [1.54, 1.807) is 0 Å². The Balaban J connectivity index is -0.000000228. The fraction of sp³-hybridized carbons (Fsp3) is 0.400. The van der Waals surface area contributed by atoms with E-state index in [2.05, 4.69) is 17.2 Å². The monoisotopic (exact) mass is 275 g/mol. The Kier molecular flexibility index (Phi) is 12.1.